The first-order chi connectivity index (χ1) is 64.6. The molecule has 0 unspecified atom stereocenters. The van der Waals surface area contributed by atoms with E-state index in [0.717, 1.165) is 43.6 Å². The molecule has 3 radical (unpaired) electrons. The number of hydrogen-bond donors (Lipinski definition) is 13. The molecule has 137 heavy (non-hydrogen) atoms. The number of benzene rings is 7. The molecule has 12 aromatic rings. The number of H-pyrrole nitrogens is 5. The van der Waals surface area contributed by atoms with Crippen LogP contribution in [0.25, 0.3) is 54.3 Å². The summed E-state index contributed by atoms with van der Waals surface area (Å²) in [5, 5.41) is 49.0. The van der Waals surface area contributed by atoms with Crippen molar-refractivity contribution in [3.63, 3.8) is 0 Å². The molecule has 0 atom stereocenters. The van der Waals surface area contributed by atoms with E-state index in [4.69, 9.17) is 26.7 Å². The number of nitro groups is 1. The number of nitrogens with one attached hydrogen (secondary N) is 8. The molecule has 0 bridgehead atoms. The van der Waals surface area contributed by atoms with E-state index >= 15 is 0 Å². The molecule has 7 heterocycles. The number of carbonyl (C=O) groups excluding carboxylic acids is 11. The third-order valence-electron chi connectivity index (χ3n) is 17.4. The first-order valence-corrected chi connectivity index (χ1v) is 39.0. The first-order valence-electron chi connectivity index (χ1n) is 39.0. The second-order valence-electron chi connectivity index (χ2n) is 25.5. The summed E-state index contributed by atoms with van der Waals surface area (Å²) < 4.78 is 45.1. The summed E-state index contributed by atoms with van der Waals surface area (Å²) in [5.41, 5.74) is 7.95. The van der Waals surface area contributed by atoms with Crippen LogP contribution in [0.15, 0.2) is 161 Å². The van der Waals surface area contributed by atoms with Crippen LogP contribution in [0.3, 0.4) is 0 Å². The number of anilines is 3. The van der Waals surface area contributed by atoms with Crippen molar-refractivity contribution in [2.24, 2.45) is 27.5 Å². The second kappa shape index (κ2) is 56.6. The van der Waals surface area contributed by atoms with Crippen molar-refractivity contribution in [1.29, 1.82) is 5.26 Å². The van der Waals surface area contributed by atoms with E-state index in [9.17, 15) is 86.8 Å². The molecule has 14 rings (SSSR count). The van der Waals surface area contributed by atoms with Crippen LogP contribution in [0.1, 0.15) is 144 Å². The van der Waals surface area contributed by atoms with Gasteiger partial charge in [0.2, 0.25) is 5.82 Å². The SMILES string of the molecule is CCC1=Nc2n[nH]c(=O)c3cccc(c23)N1.CCOC(=O)C#N.CCOC(=O)c1nc2cccc(C(=O)OC)c2c(=O)[nH]1.CCOC(C)=O.CCc1nc2cccc(C(=O)OC)c2c(=O)[nH]1.COC(=O)c1cccc(N)c1C(=O)OC.COC(=O)c1cccc([N+](=O)[O-])c1C(=O)OC.COC(=O)c1cccc2nc(CO)[nH]c(=O)c12.NN.NNC(=O)C1=Nc2n[nH]c(=O)c3cccc(c23)N1.[B].[H-].[Na+]. The van der Waals surface area contributed by atoms with Gasteiger partial charge in [0.15, 0.2) is 29.1 Å². The number of nitriles is 1. The molecular formula is C85H90BN21NaO29. The standard InChI is InChI=1S/C13H12N2O5.C12H12N2O3.C11H10N4O.C11H10N2O4.C10H8N6O2.C10H9NO6.C10H11NO4.C4H5NO2.C4H8O2.B.H4N2.Na.H/c1-3-20-13(18)10-14-8-6-4-5-7(12(17)19-2)9(8)11(16)15-10;1-3-9-13-8-6-4-5-7(12(16)17-2)10(8)11(15)14-9;1-2-8-12-7-5-3-4-6-9(7)10(13-8)14-15-11(6)16;1-17-11(16)6-3-2-4-7-9(6)10(15)13-8(5-14)12-7;11-14-10(18)8-12-5-3-1-2-4-6(5)7(13-8)15-16-9(4)17;1-16-9(12)6-4-3-5-7(11(14)15)8(6)10(13)17-2;1-14-9(12)6-4-3-5-7(11)8(6)10(13)15-2;1-2-7-4(6)3-5;1-3-6-4(2)5;;1-2;;/h4-6H,3H2,1-2H3,(H,14,15,16);4-6H,3H2,1-2H3,(H,13,14,15);3-5H,2H2,1H3,(H,15,16)(H,12,13,14);2-4,14H,5H2,1H3,(H,12,13,15);1-3H,11H2,(H,14,18)(H,16,17)(H,12,13,15);3-5H,1-2H3;3-5H,11H2,1-2H3;2H2,1H3;3H2,1-2H3;;1-2H2;;/q;;;;;;;;;;;+1;-1. The zero-order valence-corrected chi connectivity index (χ0v) is 77.7. The Morgan fingerprint density at radius 3 is 1.26 bits per heavy atom. The molecule has 0 saturated carbocycles. The summed E-state index contributed by atoms with van der Waals surface area (Å²) in [6.45, 7) is 10.9. The Morgan fingerprint density at radius 2 is 0.861 bits per heavy atom. The number of hydrogen-bond acceptors (Lipinski definition) is 43. The van der Waals surface area contributed by atoms with Gasteiger partial charge in [0.05, 0.1) is 174 Å². The molecule has 52 heteroatoms. The topological polar surface area (TPSA) is 761 Å². The van der Waals surface area contributed by atoms with E-state index in [2.05, 4.69) is 125 Å². The van der Waals surface area contributed by atoms with Crippen LogP contribution in [-0.2, 0) is 74.8 Å². The molecule has 2 aliphatic rings. The third-order valence-corrected chi connectivity index (χ3v) is 17.4. The quantitative estimate of drug-likeness (QED) is 0.00754. The summed E-state index contributed by atoms with van der Waals surface area (Å²) in [6.07, 6.45) is 1.43. The van der Waals surface area contributed by atoms with Crippen molar-refractivity contribution in [2.45, 2.75) is 61.0 Å². The number of rotatable bonds is 16. The molecule has 1 amide bonds. The number of fused-ring (bicyclic) bond motifs is 3. The van der Waals surface area contributed by atoms with Gasteiger partial charge in [-0.1, -0.05) is 56.3 Å². The monoisotopic (exact) mass is 1900 g/mol. The Kier molecular flexibility index (Phi) is 47.2. The number of nitrogen functional groups attached to an aromatic ring is 1. The maximum absolute atomic E-state index is 12.0. The van der Waals surface area contributed by atoms with E-state index < -0.39 is 86.9 Å². The first kappa shape index (κ1) is 114. The number of ether oxygens (including phenoxy) is 10. The molecule has 0 saturated heterocycles. The minimum absolute atomic E-state index is 0. The van der Waals surface area contributed by atoms with Gasteiger partial charge in [-0.3, -0.25) is 60.8 Å². The van der Waals surface area contributed by atoms with Crippen LogP contribution in [0.4, 0.5) is 34.4 Å². The number of aromatic nitrogens is 10. The Hall–Kier alpha value is -17.1. The summed E-state index contributed by atoms with van der Waals surface area (Å²) in [6, 6.07) is 34.3. The number of methoxy groups -OCH3 is 7. The predicted octanol–water partition coefficient (Wildman–Crippen LogP) is 1.72. The summed E-state index contributed by atoms with van der Waals surface area (Å²) in [5.74, 6) is 8.17. The number of amidine groups is 2. The normalized spacial score (nSPS) is 10.3. The van der Waals surface area contributed by atoms with Gasteiger partial charge in [-0.15, -0.1) is 0 Å². The number of nitrogens with zero attached hydrogens (tertiary/aromatic N) is 9. The van der Waals surface area contributed by atoms with Gasteiger partial charge in [0.25, 0.3) is 33.5 Å². The molecule has 0 aliphatic carbocycles. The van der Waals surface area contributed by atoms with Crippen LogP contribution in [0, 0.1) is 21.4 Å². The molecule has 50 nitrogen and oxygen atoms in total. The van der Waals surface area contributed by atoms with Crippen molar-refractivity contribution < 1.29 is 141 Å². The summed E-state index contributed by atoms with van der Waals surface area (Å²) >= 11 is 0. The van der Waals surface area contributed by atoms with Gasteiger partial charge in [0.1, 0.15) is 24.1 Å². The van der Waals surface area contributed by atoms with E-state index in [-0.39, 0.29) is 166 Å². The maximum atomic E-state index is 12.0. The molecule has 2 aliphatic heterocycles. The maximum Gasteiger partial charge on any atom is 1.00 e. The van der Waals surface area contributed by atoms with Crippen molar-refractivity contribution in [3.05, 3.63) is 246 Å². The van der Waals surface area contributed by atoms with Crippen LogP contribution in [0.2, 0.25) is 0 Å². The number of aliphatic hydroxyl groups excluding tert-OH is 1. The van der Waals surface area contributed by atoms with Crippen molar-refractivity contribution in [2.75, 3.05) is 86.0 Å². The minimum atomic E-state index is -0.960. The number of amides is 1. The molecule has 7 aromatic carbocycles. The van der Waals surface area contributed by atoms with Crippen LogP contribution in [-0.4, -0.2) is 216 Å². The Balaban J connectivity index is 0.000000530. The fourth-order valence-corrected chi connectivity index (χ4v) is 11.6. The van der Waals surface area contributed by atoms with Crippen molar-refractivity contribution in [3.8, 4) is 6.07 Å². The molecule has 0 spiro atoms. The van der Waals surface area contributed by atoms with Gasteiger partial charge < -0.3 is 85.2 Å². The summed E-state index contributed by atoms with van der Waals surface area (Å²) in [7, 11) is 8.37. The average Bonchev–Trinajstić information content (AvgIpc) is 0.764. The van der Waals surface area contributed by atoms with Gasteiger partial charge in [-0.2, -0.15) is 15.5 Å². The summed E-state index contributed by atoms with van der Waals surface area (Å²) in [4.78, 5) is 220. The van der Waals surface area contributed by atoms with Gasteiger partial charge in [-0.05, 0) is 99.6 Å². The zero-order valence-electron chi connectivity index (χ0n) is 76.7. The van der Waals surface area contributed by atoms with E-state index in [1.165, 1.54) is 91.0 Å². The van der Waals surface area contributed by atoms with Gasteiger partial charge in [0, 0.05) is 39.9 Å². The number of aryl methyl sites for hydroxylation is 1. The number of carbonyl (C=O) groups is 11. The second-order valence-corrected chi connectivity index (χ2v) is 25.5. The Labute approximate surface area is 798 Å². The zero-order chi connectivity index (χ0) is 100. The predicted molar refractivity (Wildman–Crippen MR) is 490 cm³/mol. The van der Waals surface area contributed by atoms with Crippen LogP contribution >= 0.6 is 0 Å². The third kappa shape index (κ3) is 30.2. The average molecular weight is 1900 g/mol. The van der Waals surface area contributed by atoms with Gasteiger partial charge >= 0.3 is 95.2 Å². The number of esters is 10. The molecule has 5 aromatic heterocycles. The van der Waals surface area contributed by atoms with Gasteiger partial charge in [-0.25, -0.2) is 84.1 Å². The Morgan fingerprint density at radius 1 is 0.474 bits per heavy atom. The molecule has 713 valence electrons. The smallest absolute Gasteiger partial charge is 1.00 e. The minimum Gasteiger partial charge on any atom is -1.00 e. The van der Waals surface area contributed by atoms with E-state index in [0.29, 0.717) is 57.5 Å². The van der Waals surface area contributed by atoms with Crippen LogP contribution < -0.4 is 96.7 Å². The van der Waals surface area contributed by atoms with Crippen molar-refractivity contribution >= 4 is 174 Å². The fourth-order valence-electron chi connectivity index (χ4n) is 11.6. The van der Waals surface area contributed by atoms with E-state index in [1.807, 2.05) is 31.4 Å². The van der Waals surface area contributed by atoms with Crippen LogP contribution in [0.5, 0.6) is 0 Å². The number of nitro benzene ring substituents is 1. The number of hydrazine groups is 2. The number of nitrogens with two attached hydrogens (primary N) is 4. The fraction of sp³-hybridized carbons (Fsp3) is 0.224. The molecular weight excluding hydrogens is 1810 g/mol. The Bertz CT molecular complexity index is 6790. The largest absolute Gasteiger partial charge is 1.00 e. The van der Waals surface area contributed by atoms with Crippen molar-refractivity contribution in [1.82, 2.24) is 55.7 Å². The number of aliphatic hydroxyl groups is 1. The number of aromatic amines is 5. The molecule has 17 N–H and O–H groups in total. The van der Waals surface area contributed by atoms with E-state index in [1.54, 1.807) is 87.5 Å². The number of aliphatic imine (C=N–C) groups is 2. The molecule has 0 fully saturated rings.